The fourth-order valence-electron chi connectivity index (χ4n) is 2.90. The van der Waals surface area contributed by atoms with E-state index < -0.39 is 0 Å². The van der Waals surface area contributed by atoms with Crippen molar-refractivity contribution in [3.05, 3.63) is 23.0 Å². The van der Waals surface area contributed by atoms with Crippen LogP contribution in [0.3, 0.4) is 0 Å². The Hall–Kier alpha value is -1.69. The first-order valence-corrected chi connectivity index (χ1v) is 8.97. The summed E-state index contributed by atoms with van der Waals surface area (Å²) in [6.07, 6.45) is 4.49. The summed E-state index contributed by atoms with van der Waals surface area (Å²) < 4.78 is 2.03. The van der Waals surface area contributed by atoms with Gasteiger partial charge in [-0.1, -0.05) is 11.6 Å². The van der Waals surface area contributed by atoms with Crippen LogP contribution in [0.2, 0.25) is 5.02 Å². The number of likely N-dealkylation sites (tertiary alicyclic amines) is 1. The third kappa shape index (κ3) is 5.16. The molecule has 1 amide bonds. The Morgan fingerprint density at radius 3 is 2.88 bits per heavy atom. The van der Waals surface area contributed by atoms with Crippen LogP contribution in [0, 0.1) is 0 Å². The minimum atomic E-state index is 0.281. The van der Waals surface area contributed by atoms with E-state index in [4.69, 9.17) is 11.6 Å². The van der Waals surface area contributed by atoms with Crippen molar-refractivity contribution in [1.82, 2.24) is 19.7 Å². The lowest BCUT2D eigenvalue weighted by molar-refractivity contribution is -0.127. The Morgan fingerprint density at radius 2 is 2.29 bits per heavy atom. The second kappa shape index (κ2) is 8.97. The van der Waals surface area contributed by atoms with Crippen molar-refractivity contribution in [1.29, 1.82) is 0 Å². The van der Waals surface area contributed by atoms with Crippen molar-refractivity contribution in [3.63, 3.8) is 0 Å². The van der Waals surface area contributed by atoms with E-state index in [0.29, 0.717) is 13.0 Å². The Kier molecular flexibility index (Phi) is 6.97. The smallest absolute Gasteiger partial charge is 0.222 e. The number of rotatable bonds is 7. The molecule has 1 aliphatic rings. The molecule has 24 heavy (non-hydrogen) atoms. The molecule has 1 fully saturated rings. The van der Waals surface area contributed by atoms with Crippen molar-refractivity contribution in [3.8, 4) is 0 Å². The monoisotopic (exact) mass is 353 g/mol. The lowest BCUT2D eigenvalue weighted by Crippen LogP contribution is -2.39. The zero-order chi connectivity index (χ0) is 17.5. The molecule has 0 unspecified atom stereocenters. The molecule has 1 aromatic heterocycles. The van der Waals surface area contributed by atoms with E-state index in [9.17, 15) is 4.79 Å². The number of carbonyl (C=O) groups is 1. The largest absolute Gasteiger partial charge is 0.357 e. The van der Waals surface area contributed by atoms with E-state index in [2.05, 4.69) is 22.1 Å². The molecule has 0 atom stereocenters. The van der Waals surface area contributed by atoms with E-state index >= 15 is 0 Å². The number of amides is 1. The number of carbonyl (C=O) groups excluding carboxylic acids is 1. The van der Waals surface area contributed by atoms with Gasteiger partial charge < -0.3 is 19.7 Å². The van der Waals surface area contributed by atoms with E-state index in [-0.39, 0.29) is 5.91 Å². The number of nitrogens with zero attached hydrogens (tertiary/aromatic N) is 4. The highest BCUT2D eigenvalue weighted by Gasteiger charge is 2.19. The third-order valence-electron chi connectivity index (χ3n) is 4.19. The molecule has 0 bridgehead atoms. The number of nitrogens with one attached hydrogen (secondary N) is 1. The van der Waals surface area contributed by atoms with Crippen LogP contribution in [0.1, 0.15) is 31.9 Å². The summed E-state index contributed by atoms with van der Waals surface area (Å²) in [5.74, 6) is 1.16. The number of hydrogen-bond acceptors (Lipinski definition) is 2. The molecule has 2 rings (SSSR count). The summed E-state index contributed by atoms with van der Waals surface area (Å²) in [5, 5.41) is 4.07. The maximum Gasteiger partial charge on any atom is 0.222 e. The summed E-state index contributed by atoms with van der Waals surface area (Å²) in [5.41, 5.74) is 1.13. The van der Waals surface area contributed by atoms with Gasteiger partial charge >= 0.3 is 0 Å². The molecule has 0 aromatic carbocycles. The van der Waals surface area contributed by atoms with E-state index in [1.807, 2.05) is 35.8 Å². The third-order valence-corrected chi connectivity index (χ3v) is 4.40. The van der Waals surface area contributed by atoms with Gasteiger partial charge in [0.05, 0.1) is 11.6 Å². The summed E-state index contributed by atoms with van der Waals surface area (Å²) in [6.45, 7) is 6.03. The molecule has 134 valence electrons. The predicted octanol–water partition coefficient (Wildman–Crippen LogP) is 2.09. The molecule has 0 saturated carbocycles. The lowest BCUT2D eigenvalue weighted by atomic mass is 10.4. The molecule has 2 heterocycles. The van der Waals surface area contributed by atoms with Crippen molar-refractivity contribution in [2.75, 3.05) is 33.2 Å². The van der Waals surface area contributed by atoms with Gasteiger partial charge in [-0.05, 0) is 25.8 Å². The highest BCUT2D eigenvalue weighted by Crippen LogP contribution is 2.14. The van der Waals surface area contributed by atoms with E-state index in [1.165, 1.54) is 0 Å². The number of aliphatic imine (C=N–C) groups is 1. The second-order valence-corrected chi connectivity index (χ2v) is 6.63. The van der Waals surface area contributed by atoms with Crippen LogP contribution in [0.5, 0.6) is 0 Å². The Morgan fingerprint density at radius 1 is 1.50 bits per heavy atom. The van der Waals surface area contributed by atoms with Crippen LogP contribution < -0.4 is 5.32 Å². The van der Waals surface area contributed by atoms with Crippen molar-refractivity contribution < 1.29 is 4.79 Å². The van der Waals surface area contributed by atoms with Crippen LogP contribution in [-0.2, 0) is 18.4 Å². The summed E-state index contributed by atoms with van der Waals surface area (Å²) >= 11 is 6.05. The highest BCUT2D eigenvalue weighted by atomic mass is 35.5. The van der Waals surface area contributed by atoms with Crippen LogP contribution in [0.25, 0.3) is 0 Å². The van der Waals surface area contributed by atoms with E-state index in [0.717, 1.165) is 55.7 Å². The molecule has 1 aromatic rings. The molecule has 1 saturated heterocycles. The second-order valence-electron chi connectivity index (χ2n) is 6.19. The zero-order valence-corrected chi connectivity index (χ0v) is 15.6. The lowest BCUT2D eigenvalue weighted by Gasteiger charge is -2.22. The van der Waals surface area contributed by atoms with Gasteiger partial charge in [0.2, 0.25) is 5.91 Å². The maximum atomic E-state index is 11.6. The van der Waals surface area contributed by atoms with Gasteiger partial charge in [0.15, 0.2) is 5.96 Å². The molecular weight excluding hydrogens is 326 g/mol. The van der Waals surface area contributed by atoms with Crippen LogP contribution in [0.4, 0.5) is 0 Å². The SMILES string of the molecule is CCNC(=NCCCN1CCCC1=O)N(C)Cc1cc(Cl)cn1C. The molecule has 6 nitrogen and oxygen atoms in total. The number of hydrogen-bond donors (Lipinski definition) is 1. The minimum absolute atomic E-state index is 0.281. The predicted molar refractivity (Wildman–Crippen MR) is 98.3 cm³/mol. The Bertz CT molecular complexity index is 584. The fraction of sp³-hybridized carbons (Fsp3) is 0.647. The molecular formula is C17H28ClN5O. The van der Waals surface area contributed by atoms with Crippen molar-refractivity contribution in [2.45, 2.75) is 32.7 Å². The number of aromatic nitrogens is 1. The Labute approximate surface area is 149 Å². The number of guanidine groups is 1. The number of halogens is 1. The Balaban J connectivity index is 1.86. The standard InChI is InChI=1S/C17H28ClN5O/c1-4-19-17(20-8-6-10-23-9-5-7-16(23)24)22(3)13-15-11-14(18)12-21(15)2/h11-12H,4-10,13H2,1-3H3,(H,19,20). The quantitative estimate of drug-likeness (QED) is 0.464. The van der Waals surface area contributed by atoms with Crippen molar-refractivity contribution in [2.24, 2.45) is 12.0 Å². The summed E-state index contributed by atoms with van der Waals surface area (Å²) in [6, 6.07) is 1.97. The van der Waals surface area contributed by atoms with Gasteiger partial charge in [-0.15, -0.1) is 0 Å². The topological polar surface area (TPSA) is 52.9 Å². The van der Waals surface area contributed by atoms with Gasteiger partial charge in [0.25, 0.3) is 0 Å². The maximum absolute atomic E-state index is 11.6. The molecule has 1 aliphatic heterocycles. The van der Waals surface area contributed by atoms with Gasteiger partial charge in [0, 0.05) is 58.6 Å². The fourth-order valence-corrected chi connectivity index (χ4v) is 3.17. The van der Waals surface area contributed by atoms with Crippen molar-refractivity contribution >= 4 is 23.5 Å². The molecule has 0 radical (unpaired) electrons. The molecule has 1 N–H and O–H groups in total. The van der Waals surface area contributed by atoms with Crippen LogP contribution in [-0.4, -0.2) is 59.5 Å². The van der Waals surface area contributed by atoms with Gasteiger partial charge in [-0.2, -0.15) is 0 Å². The highest BCUT2D eigenvalue weighted by molar-refractivity contribution is 6.30. The molecule has 0 spiro atoms. The first-order valence-electron chi connectivity index (χ1n) is 8.59. The average Bonchev–Trinajstić information content (AvgIpc) is 3.07. The van der Waals surface area contributed by atoms with Crippen LogP contribution >= 0.6 is 11.6 Å². The van der Waals surface area contributed by atoms with E-state index in [1.54, 1.807) is 0 Å². The first-order chi connectivity index (χ1) is 11.5. The number of aryl methyl sites for hydroxylation is 1. The molecule has 7 heteroatoms. The van der Waals surface area contributed by atoms with Crippen LogP contribution in [0.15, 0.2) is 17.3 Å². The normalized spacial score (nSPS) is 15.2. The van der Waals surface area contributed by atoms with Gasteiger partial charge in [-0.25, -0.2) is 0 Å². The molecule has 0 aliphatic carbocycles. The van der Waals surface area contributed by atoms with Gasteiger partial charge in [0.1, 0.15) is 0 Å². The first kappa shape index (κ1) is 18.6. The average molecular weight is 354 g/mol. The summed E-state index contributed by atoms with van der Waals surface area (Å²) in [7, 11) is 4.01. The van der Waals surface area contributed by atoms with Gasteiger partial charge in [-0.3, -0.25) is 9.79 Å². The summed E-state index contributed by atoms with van der Waals surface area (Å²) in [4.78, 5) is 20.3. The zero-order valence-electron chi connectivity index (χ0n) is 14.9. The minimum Gasteiger partial charge on any atom is -0.357 e.